The topological polar surface area (TPSA) is 80.2 Å². The van der Waals surface area contributed by atoms with E-state index in [1.54, 1.807) is 5.01 Å². The third-order valence-corrected chi connectivity index (χ3v) is 12.2. The summed E-state index contributed by atoms with van der Waals surface area (Å²) in [6, 6.07) is 9.96. The molecule has 37 heavy (non-hydrogen) atoms. The van der Waals surface area contributed by atoms with Crippen LogP contribution in [-0.4, -0.2) is 61.7 Å². The standard InChI is InChI=1S/C27H38FN5O3Si/c1-27(2,3)37(4,5)36-18-17-35-24-22(28)19-29-26(31-24)32-15-12-21(13-16-32)25(34)33-23(11-14-30-33)20-9-7-6-8-10-20/h6-10,14,19,21,23H,11-13,15-18H2,1-5H3/t23-/m0/s1. The van der Waals surface area contributed by atoms with Crippen LogP contribution in [0.2, 0.25) is 18.1 Å². The molecule has 2 aromatic rings. The molecule has 0 bridgehead atoms. The Hall–Kier alpha value is -2.85. The van der Waals surface area contributed by atoms with Crippen LogP contribution in [0.25, 0.3) is 0 Å². The second kappa shape index (κ2) is 11.3. The van der Waals surface area contributed by atoms with Crippen molar-refractivity contribution in [3.8, 4) is 5.88 Å². The number of hydrogen-bond donors (Lipinski definition) is 0. The van der Waals surface area contributed by atoms with Crippen molar-refractivity contribution in [2.75, 3.05) is 31.2 Å². The lowest BCUT2D eigenvalue weighted by atomic mass is 9.94. The van der Waals surface area contributed by atoms with Gasteiger partial charge in [0.2, 0.25) is 17.7 Å². The first kappa shape index (κ1) is 27.2. The van der Waals surface area contributed by atoms with Crippen molar-refractivity contribution < 1.29 is 18.3 Å². The minimum absolute atomic E-state index is 0.0486. The van der Waals surface area contributed by atoms with Crippen LogP contribution in [0.1, 0.15) is 51.6 Å². The molecule has 200 valence electrons. The van der Waals surface area contributed by atoms with E-state index in [1.165, 1.54) is 0 Å². The molecule has 1 atom stereocenters. The molecule has 3 heterocycles. The number of benzene rings is 1. The number of anilines is 1. The van der Waals surface area contributed by atoms with Crippen LogP contribution in [0.4, 0.5) is 10.3 Å². The summed E-state index contributed by atoms with van der Waals surface area (Å²) in [6.45, 7) is 12.7. The third kappa shape index (κ3) is 6.35. The van der Waals surface area contributed by atoms with Gasteiger partial charge < -0.3 is 14.1 Å². The van der Waals surface area contributed by atoms with Crippen LogP contribution >= 0.6 is 0 Å². The number of hydrogen-bond acceptors (Lipinski definition) is 7. The van der Waals surface area contributed by atoms with Gasteiger partial charge in [0.1, 0.15) is 6.61 Å². The number of halogens is 1. The number of nitrogens with zero attached hydrogens (tertiary/aromatic N) is 5. The molecule has 10 heteroatoms. The number of hydrazone groups is 1. The van der Waals surface area contributed by atoms with Crippen LogP contribution in [0, 0.1) is 11.7 Å². The Kier molecular flexibility index (Phi) is 8.28. The van der Waals surface area contributed by atoms with Gasteiger partial charge in [-0.2, -0.15) is 14.5 Å². The number of carbonyl (C=O) groups excluding carboxylic acids is 1. The number of aromatic nitrogens is 2. The summed E-state index contributed by atoms with van der Waals surface area (Å²) in [4.78, 5) is 23.8. The summed E-state index contributed by atoms with van der Waals surface area (Å²) in [6.07, 6.45) is 5.00. The lowest BCUT2D eigenvalue weighted by Gasteiger charge is -2.36. The van der Waals surface area contributed by atoms with Gasteiger partial charge in [-0.25, -0.2) is 9.99 Å². The van der Waals surface area contributed by atoms with Crippen LogP contribution in [0.5, 0.6) is 5.88 Å². The van der Waals surface area contributed by atoms with Crippen LogP contribution < -0.4 is 9.64 Å². The maximum absolute atomic E-state index is 14.3. The molecule has 0 unspecified atom stereocenters. The number of rotatable bonds is 8. The zero-order chi connectivity index (χ0) is 26.6. The minimum Gasteiger partial charge on any atom is -0.473 e. The Morgan fingerprint density at radius 2 is 1.84 bits per heavy atom. The molecule has 1 fully saturated rings. The fourth-order valence-electron chi connectivity index (χ4n) is 4.34. The maximum Gasteiger partial charge on any atom is 0.255 e. The Morgan fingerprint density at radius 1 is 1.14 bits per heavy atom. The van der Waals surface area contributed by atoms with Gasteiger partial charge in [-0.15, -0.1) is 0 Å². The molecular formula is C27H38FN5O3Si. The molecule has 1 amide bonds. The fourth-order valence-corrected chi connectivity index (χ4v) is 5.37. The van der Waals surface area contributed by atoms with E-state index in [9.17, 15) is 9.18 Å². The fraction of sp³-hybridized carbons (Fsp3) is 0.556. The molecule has 1 aromatic carbocycles. The predicted octanol–water partition coefficient (Wildman–Crippen LogP) is 5.19. The number of carbonyl (C=O) groups is 1. The normalized spacial score (nSPS) is 18.9. The van der Waals surface area contributed by atoms with Crippen molar-refractivity contribution in [2.45, 2.75) is 64.2 Å². The van der Waals surface area contributed by atoms with E-state index in [-0.39, 0.29) is 35.4 Å². The average molecular weight is 528 g/mol. The van der Waals surface area contributed by atoms with Crippen LogP contribution in [-0.2, 0) is 9.22 Å². The molecule has 1 saturated heterocycles. The van der Waals surface area contributed by atoms with E-state index in [1.807, 2.05) is 41.4 Å². The average Bonchev–Trinajstić information content (AvgIpc) is 3.37. The number of piperidine rings is 1. The Balaban J connectivity index is 1.31. The summed E-state index contributed by atoms with van der Waals surface area (Å²) in [5, 5.41) is 6.12. The maximum atomic E-state index is 14.3. The van der Waals surface area contributed by atoms with Crippen molar-refractivity contribution in [3.05, 3.63) is 47.9 Å². The monoisotopic (exact) mass is 527 g/mol. The largest absolute Gasteiger partial charge is 0.473 e. The van der Waals surface area contributed by atoms with Gasteiger partial charge in [0.05, 0.1) is 18.8 Å². The smallest absolute Gasteiger partial charge is 0.255 e. The Morgan fingerprint density at radius 3 is 2.51 bits per heavy atom. The highest BCUT2D eigenvalue weighted by Gasteiger charge is 2.37. The molecule has 2 aliphatic heterocycles. The quantitative estimate of drug-likeness (QED) is 0.347. The van der Waals surface area contributed by atoms with Gasteiger partial charge in [0, 0.05) is 31.6 Å². The van der Waals surface area contributed by atoms with Crippen molar-refractivity contribution in [3.63, 3.8) is 0 Å². The summed E-state index contributed by atoms with van der Waals surface area (Å²) in [7, 11) is -1.90. The molecule has 0 spiro atoms. The van der Waals surface area contributed by atoms with Gasteiger partial charge >= 0.3 is 0 Å². The molecule has 4 rings (SSSR count). The first-order chi connectivity index (χ1) is 17.6. The van der Waals surface area contributed by atoms with E-state index in [0.29, 0.717) is 38.5 Å². The molecule has 1 aromatic heterocycles. The lowest BCUT2D eigenvalue weighted by Crippen LogP contribution is -2.42. The highest BCUT2D eigenvalue weighted by Crippen LogP contribution is 2.36. The van der Waals surface area contributed by atoms with Crippen molar-refractivity contribution in [1.29, 1.82) is 0 Å². The lowest BCUT2D eigenvalue weighted by molar-refractivity contribution is -0.138. The highest BCUT2D eigenvalue weighted by atomic mass is 28.4. The summed E-state index contributed by atoms with van der Waals surface area (Å²) in [5.74, 6) is -0.331. The minimum atomic E-state index is -1.90. The number of amides is 1. The van der Waals surface area contributed by atoms with Crippen LogP contribution in [0.15, 0.2) is 41.6 Å². The molecular weight excluding hydrogens is 489 g/mol. The summed E-state index contributed by atoms with van der Waals surface area (Å²) < 4.78 is 26.1. The van der Waals surface area contributed by atoms with Gasteiger partial charge in [-0.3, -0.25) is 4.79 Å². The highest BCUT2D eigenvalue weighted by molar-refractivity contribution is 6.74. The first-order valence-corrected chi connectivity index (χ1v) is 15.9. The molecule has 0 N–H and O–H groups in total. The van der Waals surface area contributed by atoms with E-state index in [4.69, 9.17) is 9.16 Å². The zero-order valence-corrected chi connectivity index (χ0v) is 23.5. The summed E-state index contributed by atoms with van der Waals surface area (Å²) in [5.41, 5.74) is 1.09. The SMILES string of the molecule is CC(C)(C)[Si](C)(C)OCCOc1nc(N2CCC(C(=O)N3N=CC[C@H]3c3ccccc3)CC2)ncc1F. The zero-order valence-electron chi connectivity index (χ0n) is 22.5. The van der Waals surface area contributed by atoms with Crippen molar-refractivity contribution in [1.82, 2.24) is 15.0 Å². The van der Waals surface area contributed by atoms with E-state index in [0.717, 1.165) is 18.2 Å². The van der Waals surface area contributed by atoms with Crippen molar-refractivity contribution in [2.24, 2.45) is 11.0 Å². The van der Waals surface area contributed by atoms with E-state index < -0.39 is 14.1 Å². The predicted molar refractivity (Wildman–Crippen MR) is 145 cm³/mol. The molecule has 0 radical (unpaired) electrons. The second-order valence-corrected chi connectivity index (χ2v) is 16.0. The second-order valence-electron chi connectivity index (χ2n) is 11.2. The van der Waals surface area contributed by atoms with Gasteiger partial charge in [0.25, 0.3) is 5.88 Å². The molecule has 8 nitrogen and oxygen atoms in total. The molecule has 0 saturated carbocycles. The third-order valence-electron chi connectivity index (χ3n) is 7.66. The van der Waals surface area contributed by atoms with E-state index in [2.05, 4.69) is 48.9 Å². The summed E-state index contributed by atoms with van der Waals surface area (Å²) >= 11 is 0. The van der Waals surface area contributed by atoms with Gasteiger partial charge in [0.15, 0.2) is 8.32 Å². The molecule has 0 aliphatic carbocycles. The molecule has 2 aliphatic rings. The Bertz CT molecular complexity index is 1100. The van der Waals surface area contributed by atoms with Crippen molar-refractivity contribution >= 4 is 26.4 Å². The van der Waals surface area contributed by atoms with Crippen LogP contribution in [0.3, 0.4) is 0 Å². The number of ether oxygens (including phenoxy) is 1. The van der Waals surface area contributed by atoms with E-state index >= 15 is 0 Å². The van der Waals surface area contributed by atoms with Gasteiger partial charge in [-0.05, 0) is 36.5 Å². The van der Waals surface area contributed by atoms with Gasteiger partial charge in [-0.1, -0.05) is 51.1 Å². The first-order valence-electron chi connectivity index (χ1n) is 13.0. The Labute approximate surface area is 220 Å².